The van der Waals surface area contributed by atoms with Crippen LogP contribution in [0.1, 0.15) is 94.4 Å². The molecule has 0 aliphatic rings. The maximum Gasteiger partial charge on any atom is 0.416 e. The second-order valence-electron chi connectivity index (χ2n) is 9.45. The van der Waals surface area contributed by atoms with Gasteiger partial charge in [0.15, 0.2) is 0 Å². The normalized spacial score (nSPS) is 12.3. The number of alkyl halides is 3. The highest BCUT2D eigenvalue weighted by Crippen LogP contribution is 2.38. The first-order valence-corrected chi connectivity index (χ1v) is 13.1. The molecule has 0 amide bonds. The molecule has 192 valence electrons. The van der Waals surface area contributed by atoms with E-state index in [2.05, 4.69) is 4.72 Å². The van der Waals surface area contributed by atoms with E-state index in [0.29, 0.717) is 17.5 Å². The highest BCUT2D eigenvalue weighted by Gasteiger charge is 2.33. The second kappa shape index (κ2) is 11.3. The van der Waals surface area contributed by atoms with E-state index in [9.17, 15) is 21.6 Å². The van der Waals surface area contributed by atoms with Crippen molar-refractivity contribution in [2.45, 2.75) is 83.2 Å². The zero-order valence-corrected chi connectivity index (χ0v) is 21.8. The summed E-state index contributed by atoms with van der Waals surface area (Å²) in [5, 5.41) is 8.63. The molecule has 0 unspecified atom stereocenters. The Hall–Kier alpha value is -2.73. The third-order valence-corrected chi connectivity index (χ3v) is 7.05. The monoisotopic (exact) mass is 510 g/mol. The maximum atomic E-state index is 13.6. The molecule has 35 heavy (non-hydrogen) atoms. The molecule has 0 heterocycles. The summed E-state index contributed by atoms with van der Waals surface area (Å²) in [6.07, 6.45) is -4.16. The first kappa shape index (κ1) is 28.5. The molecule has 0 aromatic heterocycles. The summed E-state index contributed by atoms with van der Waals surface area (Å²) in [5.74, 6) is -0.200. The molecular formula is C26H33F3N2O3S. The molecule has 2 rings (SSSR count). The first-order valence-electron chi connectivity index (χ1n) is 11.6. The van der Waals surface area contributed by atoms with Crippen molar-refractivity contribution in [2.24, 2.45) is 0 Å². The minimum Gasteiger partial charge on any atom is -0.493 e. The van der Waals surface area contributed by atoms with Crippen LogP contribution in [0.4, 0.5) is 18.9 Å². The molecule has 0 bridgehead atoms. The molecule has 0 radical (unpaired) electrons. The number of nitrogens with one attached hydrogen (secondary N) is 1. The molecule has 2 aromatic carbocycles. The van der Waals surface area contributed by atoms with Gasteiger partial charge in [0.05, 0.1) is 28.8 Å². The lowest BCUT2D eigenvalue weighted by Gasteiger charge is -2.23. The Morgan fingerprint density at radius 1 is 0.943 bits per heavy atom. The van der Waals surface area contributed by atoms with Crippen LogP contribution >= 0.6 is 0 Å². The largest absolute Gasteiger partial charge is 0.493 e. The molecule has 0 atom stereocenters. The Labute approximate surface area is 206 Å². The zero-order valence-electron chi connectivity index (χ0n) is 21.0. The summed E-state index contributed by atoms with van der Waals surface area (Å²) >= 11 is 0. The minimum absolute atomic E-state index is 0.0344. The average molecular weight is 511 g/mol. The lowest BCUT2D eigenvalue weighted by Crippen LogP contribution is -2.19. The summed E-state index contributed by atoms with van der Waals surface area (Å²) in [4.78, 5) is 0.0980. The highest BCUT2D eigenvalue weighted by molar-refractivity contribution is 7.92. The SMILES string of the molecule is CC(C)c1cc(C(C)C)c(S(=O)(=O)Nc2cc(OCCCC#N)cc(C(F)(F)F)c2)c(C(C)C)c1. The number of anilines is 1. The van der Waals surface area contributed by atoms with Crippen LogP contribution in [-0.2, 0) is 16.2 Å². The lowest BCUT2D eigenvalue weighted by molar-refractivity contribution is -0.137. The Morgan fingerprint density at radius 3 is 1.97 bits per heavy atom. The van der Waals surface area contributed by atoms with E-state index in [1.165, 1.54) is 6.07 Å². The average Bonchev–Trinajstić information content (AvgIpc) is 2.74. The quantitative estimate of drug-likeness (QED) is 0.335. The zero-order chi connectivity index (χ0) is 26.6. The molecule has 2 aromatic rings. The Bertz CT molecular complexity index is 1150. The number of hydrogen-bond acceptors (Lipinski definition) is 4. The van der Waals surface area contributed by atoms with E-state index >= 15 is 0 Å². The molecule has 0 saturated carbocycles. The highest BCUT2D eigenvalue weighted by atomic mass is 32.2. The van der Waals surface area contributed by atoms with Gasteiger partial charge in [0.2, 0.25) is 0 Å². The number of rotatable bonds is 10. The fourth-order valence-electron chi connectivity index (χ4n) is 3.65. The van der Waals surface area contributed by atoms with Crippen molar-refractivity contribution in [3.63, 3.8) is 0 Å². The predicted octanol–water partition coefficient (Wildman–Crippen LogP) is 7.56. The molecule has 0 spiro atoms. The van der Waals surface area contributed by atoms with Gasteiger partial charge in [-0.15, -0.1) is 0 Å². The Morgan fingerprint density at radius 2 is 1.51 bits per heavy atom. The summed E-state index contributed by atoms with van der Waals surface area (Å²) in [7, 11) is -4.23. The molecule has 1 N–H and O–H groups in total. The number of sulfonamides is 1. The van der Waals surface area contributed by atoms with Crippen LogP contribution in [0.25, 0.3) is 0 Å². The van der Waals surface area contributed by atoms with Gasteiger partial charge in [-0.3, -0.25) is 4.72 Å². The maximum absolute atomic E-state index is 13.6. The van der Waals surface area contributed by atoms with Gasteiger partial charge >= 0.3 is 6.18 Å². The Balaban J connectivity index is 2.61. The fourth-order valence-corrected chi connectivity index (χ4v) is 5.39. The number of halogens is 3. The van der Waals surface area contributed by atoms with Crippen molar-refractivity contribution in [2.75, 3.05) is 11.3 Å². The van der Waals surface area contributed by atoms with Crippen LogP contribution < -0.4 is 9.46 Å². The standard InChI is InChI=1S/C26H33F3N2O3S/c1-16(2)19-11-23(17(3)4)25(24(12-19)18(5)6)35(32,33)31-21-13-20(26(27,28)29)14-22(15-21)34-10-8-7-9-30/h11-18,31H,7-8,10H2,1-6H3. The third-order valence-electron chi connectivity index (χ3n) is 5.54. The van der Waals surface area contributed by atoms with Gasteiger partial charge in [0, 0.05) is 12.5 Å². The molecule has 5 nitrogen and oxygen atoms in total. The van der Waals surface area contributed by atoms with E-state index in [0.717, 1.165) is 17.7 Å². The second-order valence-corrected chi connectivity index (χ2v) is 11.1. The molecule has 0 fully saturated rings. The van der Waals surface area contributed by atoms with Gasteiger partial charge in [-0.05, 0) is 53.0 Å². The fraction of sp³-hybridized carbons (Fsp3) is 0.500. The number of ether oxygens (including phenoxy) is 1. The van der Waals surface area contributed by atoms with Crippen molar-refractivity contribution >= 4 is 15.7 Å². The molecule has 0 aliphatic heterocycles. The van der Waals surface area contributed by atoms with Crippen molar-refractivity contribution in [3.8, 4) is 11.8 Å². The van der Waals surface area contributed by atoms with Gasteiger partial charge < -0.3 is 4.74 Å². The predicted molar refractivity (Wildman–Crippen MR) is 131 cm³/mol. The van der Waals surface area contributed by atoms with Crippen LogP contribution in [0.3, 0.4) is 0 Å². The van der Waals surface area contributed by atoms with Crippen molar-refractivity contribution in [1.29, 1.82) is 5.26 Å². The smallest absolute Gasteiger partial charge is 0.416 e. The lowest BCUT2D eigenvalue weighted by atomic mass is 9.89. The molecule has 0 saturated heterocycles. The van der Waals surface area contributed by atoms with Crippen LogP contribution in [0, 0.1) is 11.3 Å². The number of nitriles is 1. The van der Waals surface area contributed by atoms with Gasteiger partial charge in [0.1, 0.15) is 5.75 Å². The van der Waals surface area contributed by atoms with Crippen LogP contribution in [0.5, 0.6) is 5.75 Å². The third kappa shape index (κ3) is 7.38. The summed E-state index contributed by atoms with van der Waals surface area (Å²) < 4.78 is 75.6. The van der Waals surface area contributed by atoms with Crippen LogP contribution in [0.15, 0.2) is 35.2 Å². The number of nitrogens with zero attached hydrogens (tertiary/aromatic N) is 1. The number of benzene rings is 2. The summed E-state index contributed by atoms with van der Waals surface area (Å²) in [5.41, 5.74) is 0.965. The van der Waals surface area contributed by atoms with E-state index < -0.39 is 21.8 Å². The first-order chi connectivity index (χ1) is 16.2. The topological polar surface area (TPSA) is 79.2 Å². The summed E-state index contributed by atoms with van der Waals surface area (Å²) in [6, 6.07) is 8.48. The summed E-state index contributed by atoms with van der Waals surface area (Å²) in [6.45, 7) is 11.6. The number of unbranched alkanes of at least 4 members (excludes halogenated alkanes) is 1. The van der Waals surface area contributed by atoms with Crippen molar-refractivity contribution in [3.05, 3.63) is 52.6 Å². The Kier molecular flexibility index (Phi) is 9.23. The van der Waals surface area contributed by atoms with E-state index in [-0.39, 0.29) is 47.1 Å². The molecule has 0 aliphatic carbocycles. The van der Waals surface area contributed by atoms with Gasteiger partial charge in [0.25, 0.3) is 10.0 Å². The van der Waals surface area contributed by atoms with E-state index in [1.807, 2.05) is 59.7 Å². The van der Waals surface area contributed by atoms with Gasteiger partial charge in [-0.1, -0.05) is 53.7 Å². The van der Waals surface area contributed by atoms with E-state index in [1.54, 1.807) is 0 Å². The van der Waals surface area contributed by atoms with Crippen LogP contribution in [0.2, 0.25) is 0 Å². The number of hydrogen-bond donors (Lipinski definition) is 1. The van der Waals surface area contributed by atoms with Crippen molar-refractivity contribution in [1.82, 2.24) is 0 Å². The van der Waals surface area contributed by atoms with E-state index in [4.69, 9.17) is 10.00 Å². The van der Waals surface area contributed by atoms with Gasteiger partial charge in [-0.2, -0.15) is 18.4 Å². The molecular weight excluding hydrogens is 477 g/mol. The van der Waals surface area contributed by atoms with Crippen LogP contribution in [-0.4, -0.2) is 15.0 Å². The van der Waals surface area contributed by atoms with Crippen molar-refractivity contribution < 1.29 is 26.3 Å². The van der Waals surface area contributed by atoms with Gasteiger partial charge in [-0.25, -0.2) is 8.42 Å². The minimum atomic E-state index is -4.70. The molecule has 9 heteroatoms.